The summed E-state index contributed by atoms with van der Waals surface area (Å²) in [5, 5.41) is 3.19. The maximum atomic E-state index is 11.9. The highest BCUT2D eigenvalue weighted by Crippen LogP contribution is 2.14. The van der Waals surface area contributed by atoms with Gasteiger partial charge in [-0.2, -0.15) is 8.78 Å². The zero-order valence-corrected chi connectivity index (χ0v) is 9.12. The molecule has 1 aromatic carbocycles. The van der Waals surface area contributed by atoms with Crippen molar-refractivity contribution in [2.75, 3.05) is 6.54 Å². The van der Waals surface area contributed by atoms with Crippen LogP contribution in [0.1, 0.15) is 12.5 Å². The summed E-state index contributed by atoms with van der Waals surface area (Å²) in [5.41, 5.74) is 6.45. The van der Waals surface area contributed by atoms with E-state index in [9.17, 15) is 8.78 Å². The summed E-state index contributed by atoms with van der Waals surface area (Å²) < 4.78 is 28.0. The van der Waals surface area contributed by atoms with E-state index in [1.165, 1.54) is 12.1 Å². The van der Waals surface area contributed by atoms with Crippen molar-refractivity contribution in [3.8, 4) is 5.75 Å². The number of halogens is 2. The Kier molecular flexibility index (Phi) is 5.14. The van der Waals surface area contributed by atoms with Crippen molar-refractivity contribution in [3.63, 3.8) is 0 Å². The SMILES string of the molecule is C[C@@H](CN)NCc1ccc(OC(F)F)cc1. The van der Waals surface area contributed by atoms with Gasteiger partial charge in [-0.15, -0.1) is 0 Å². The Labute approximate surface area is 93.6 Å². The zero-order chi connectivity index (χ0) is 12.0. The molecular weight excluding hydrogens is 214 g/mol. The lowest BCUT2D eigenvalue weighted by Crippen LogP contribution is -2.32. The number of ether oxygens (including phenoxy) is 1. The van der Waals surface area contributed by atoms with Crippen LogP contribution in [0.15, 0.2) is 24.3 Å². The van der Waals surface area contributed by atoms with Crippen LogP contribution >= 0.6 is 0 Å². The molecule has 1 atom stereocenters. The first-order chi connectivity index (χ1) is 7.61. The van der Waals surface area contributed by atoms with Crippen LogP contribution < -0.4 is 15.8 Å². The molecule has 0 saturated carbocycles. The van der Waals surface area contributed by atoms with Gasteiger partial charge in [0.25, 0.3) is 0 Å². The van der Waals surface area contributed by atoms with Crippen molar-refractivity contribution >= 4 is 0 Å². The molecule has 0 saturated heterocycles. The summed E-state index contributed by atoms with van der Waals surface area (Å²) in [6.07, 6.45) is 0. The summed E-state index contributed by atoms with van der Waals surface area (Å²) in [6, 6.07) is 6.77. The van der Waals surface area contributed by atoms with Gasteiger partial charge in [0.2, 0.25) is 0 Å². The van der Waals surface area contributed by atoms with E-state index in [2.05, 4.69) is 10.1 Å². The predicted octanol–water partition coefficient (Wildman–Crippen LogP) is 1.72. The average molecular weight is 230 g/mol. The van der Waals surface area contributed by atoms with Crippen LogP contribution in [0.2, 0.25) is 0 Å². The number of nitrogens with one attached hydrogen (secondary N) is 1. The molecule has 0 bridgehead atoms. The summed E-state index contributed by atoms with van der Waals surface area (Å²) in [5.74, 6) is 0.172. The largest absolute Gasteiger partial charge is 0.435 e. The van der Waals surface area contributed by atoms with Crippen molar-refractivity contribution in [1.82, 2.24) is 5.32 Å². The normalized spacial score (nSPS) is 12.8. The Morgan fingerprint density at radius 1 is 1.31 bits per heavy atom. The first-order valence-corrected chi connectivity index (χ1v) is 5.09. The van der Waals surface area contributed by atoms with Gasteiger partial charge < -0.3 is 15.8 Å². The lowest BCUT2D eigenvalue weighted by molar-refractivity contribution is -0.0498. The summed E-state index contributed by atoms with van der Waals surface area (Å²) in [6.45, 7) is 0.426. The minimum Gasteiger partial charge on any atom is -0.435 e. The number of benzene rings is 1. The second-order valence-electron chi connectivity index (χ2n) is 3.54. The lowest BCUT2D eigenvalue weighted by atomic mass is 10.2. The third kappa shape index (κ3) is 4.55. The van der Waals surface area contributed by atoms with Gasteiger partial charge in [0, 0.05) is 19.1 Å². The van der Waals surface area contributed by atoms with Gasteiger partial charge in [-0.1, -0.05) is 12.1 Å². The monoisotopic (exact) mass is 230 g/mol. The summed E-state index contributed by atoms with van der Waals surface area (Å²) >= 11 is 0. The minimum absolute atomic E-state index is 0.172. The molecule has 0 unspecified atom stereocenters. The fourth-order valence-corrected chi connectivity index (χ4v) is 1.16. The van der Waals surface area contributed by atoms with Gasteiger partial charge in [0.1, 0.15) is 5.75 Å². The van der Waals surface area contributed by atoms with E-state index in [1.807, 2.05) is 6.92 Å². The van der Waals surface area contributed by atoms with Crippen LogP contribution in [-0.2, 0) is 6.54 Å². The molecule has 0 radical (unpaired) electrons. The summed E-state index contributed by atoms with van der Waals surface area (Å²) in [4.78, 5) is 0. The first-order valence-electron chi connectivity index (χ1n) is 5.09. The third-order valence-electron chi connectivity index (χ3n) is 2.16. The number of hydrogen-bond acceptors (Lipinski definition) is 3. The predicted molar refractivity (Wildman–Crippen MR) is 58.4 cm³/mol. The smallest absolute Gasteiger partial charge is 0.387 e. The zero-order valence-electron chi connectivity index (χ0n) is 9.12. The van der Waals surface area contributed by atoms with Crippen LogP contribution in [0.5, 0.6) is 5.75 Å². The second-order valence-corrected chi connectivity index (χ2v) is 3.54. The lowest BCUT2D eigenvalue weighted by Gasteiger charge is -2.11. The van der Waals surface area contributed by atoms with Crippen molar-refractivity contribution in [3.05, 3.63) is 29.8 Å². The number of hydrogen-bond donors (Lipinski definition) is 2. The molecule has 0 aliphatic carbocycles. The quantitative estimate of drug-likeness (QED) is 0.782. The van der Waals surface area contributed by atoms with E-state index in [4.69, 9.17) is 5.73 Å². The molecule has 0 aliphatic heterocycles. The Morgan fingerprint density at radius 3 is 2.44 bits per heavy atom. The Bertz CT molecular complexity index is 303. The molecule has 1 rings (SSSR count). The van der Waals surface area contributed by atoms with E-state index >= 15 is 0 Å². The summed E-state index contributed by atoms with van der Waals surface area (Å²) in [7, 11) is 0. The molecule has 0 heterocycles. The van der Waals surface area contributed by atoms with Gasteiger partial charge in [-0.3, -0.25) is 0 Å². The molecule has 3 N–H and O–H groups in total. The van der Waals surface area contributed by atoms with E-state index < -0.39 is 6.61 Å². The Morgan fingerprint density at radius 2 is 1.94 bits per heavy atom. The first kappa shape index (κ1) is 12.9. The van der Waals surface area contributed by atoms with Crippen LogP contribution in [0.4, 0.5) is 8.78 Å². The molecule has 5 heteroatoms. The molecular formula is C11H16F2N2O. The van der Waals surface area contributed by atoms with Crippen LogP contribution in [0, 0.1) is 0 Å². The van der Waals surface area contributed by atoms with E-state index in [-0.39, 0.29) is 11.8 Å². The fourth-order valence-electron chi connectivity index (χ4n) is 1.16. The third-order valence-corrected chi connectivity index (χ3v) is 2.16. The molecule has 1 aromatic rings. The highest BCUT2D eigenvalue weighted by Gasteiger charge is 2.04. The number of rotatable bonds is 6. The van der Waals surface area contributed by atoms with E-state index in [0.29, 0.717) is 13.1 Å². The number of nitrogens with two attached hydrogens (primary N) is 1. The molecule has 0 spiro atoms. The molecule has 0 aromatic heterocycles. The van der Waals surface area contributed by atoms with Crippen molar-refractivity contribution in [2.45, 2.75) is 26.1 Å². The van der Waals surface area contributed by atoms with Gasteiger partial charge in [-0.25, -0.2) is 0 Å². The topological polar surface area (TPSA) is 47.3 Å². The Hall–Kier alpha value is -1.20. The van der Waals surface area contributed by atoms with Gasteiger partial charge in [-0.05, 0) is 24.6 Å². The molecule has 16 heavy (non-hydrogen) atoms. The molecule has 0 fully saturated rings. The molecule has 3 nitrogen and oxygen atoms in total. The van der Waals surface area contributed by atoms with Gasteiger partial charge >= 0.3 is 6.61 Å². The molecule has 90 valence electrons. The highest BCUT2D eigenvalue weighted by molar-refractivity contribution is 5.27. The average Bonchev–Trinajstić information content (AvgIpc) is 2.27. The molecule has 0 aliphatic rings. The number of alkyl halides is 2. The Balaban J connectivity index is 2.45. The van der Waals surface area contributed by atoms with E-state index in [1.54, 1.807) is 12.1 Å². The van der Waals surface area contributed by atoms with Crippen LogP contribution in [0.3, 0.4) is 0 Å². The molecule has 0 amide bonds. The van der Waals surface area contributed by atoms with Crippen molar-refractivity contribution in [1.29, 1.82) is 0 Å². The van der Waals surface area contributed by atoms with Gasteiger partial charge in [0.15, 0.2) is 0 Å². The second kappa shape index (κ2) is 6.40. The highest BCUT2D eigenvalue weighted by atomic mass is 19.3. The maximum absolute atomic E-state index is 11.9. The van der Waals surface area contributed by atoms with Crippen LogP contribution in [0.25, 0.3) is 0 Å². The van der Waals surface area contributed by atoms with E-state index in [0.717, 1.165) is 5.56 Å². The van der Waals surface area contributed by atoms with Crippen LogP contribution in [-0.4, -0.2) is 19.2 Å². The van der Waals surface area contributed by atoms with Crippen molar-refractivity contribution in [2.24, 2.45) is 5.73 Å². The standard InChI is InChI=1S/C11H16F2N2O/c1-8(6-14)15-7-9-2-4-10(5-3-9)16-11(12)13/h2-5,8,11,15H,6-7,14H2,1H3/t8-/m0/s1. The fraction of sp³-hybridized carbons (Fsp3) is 0.455. The maximum Gasteiger partial charge on any atom is 0.387 e. The van der Waals surface area contributed by atoms with Gasteiger partial charge in [0.05, 0.1) is 0 Å². The minimum atomic E-state index is -2.78. The van der Waals surface area contributed by atoms with Crippen molar-refractivity contribution < 1.29 is 13.5 Å².